The average Bonchev–Trinajstić information content (AvgIpc) is 2.42. The van der Waals surface area contributed by atoms with E-state index in [1.807, 2.05) is 0 Å². The normalized spacial score (nSPS) is 11.3. The van der Waals surface area contributed by atoms with Crippen LogP contribution in [-0.4, -0.2) is 27.0 Å². The second kappa shape index (κ2) is 5.26. The monoisotopic (exact) mass is 260 g/mol. The molecule has 0 aliphatic heterocycles. The highest BCUT2D eigenvalue weighted by atomic mass is 19.1. The zero-order chi connectivity index (χ0) is 13.8. The molecular formula is C13H9FN2O3. The van der Waals surface area contributed by atoms with Crippen molar-refractivity contribution in [2.75, 3.05) is 0 Å². The highest BCUT2D eigenvalue weighted by Crippen LogP contribution is 2.11. The Labute approximate surface area is 107 Å². The van der Waals surface area contributed by atoms with E-state index in [0.29, 0.717) is 5.56 Å². The predicted molar refractivity (Wildman–Crippen MR) is 65.0 cm³/mol. The van der Waals surface area contributed by atoms with Gasteiger partial charge >= 0.3 is 5.97 Å². The molecule has 1 heterocycles. The minimum absolute atomic E-state index is 0.0215. The third kappa shape index (κ3) is 2.74. The number of carboxylic acids is 1. The lowest BCUT2D eigenvalue weighted by Gasteiger charge is -2.04. The molecule has 1 aromatic carbocycles. The first-order valence-corrected chi connectivity index (χ1v) is 5.29. The molecule has 5 nitrogen and oxygen atoms in total. The average molecular weight is 260 g/mol. The number of halogens is 1. The molecule has 0 unspecified atom stereocenters. The van der Waals surface area contributed by atoms with Crippen molar-refractivity contribution < 1.29 is 19.5 Å². The zero-order valence-electron chi connectivity index (χ0n) is 9.62. The molecule has 2 aromatic rings. The van der Waals surface area contributed by atoms with Crippen molar-refractivity contribution in [2.45, 2.75) is 0 Å². The molecule has 0 atom stereocenters. The molecule has 2 N–H and O–H groups in total. The zero-order valence-corrected chi connectivity index (χ0v) is 9.62. The molecule has 0 spiro atoms. The van der Waals surface area contributed by atoms with Crippen molar-refractivity contribution >= 4 is 11.7 Å². The number of aromatic nitrogens is 1. The molecule has 0 bridgehead atoms. The maximum Gasteiger partial charge on any atom is 0.335 e. The molecule has 1 aromatic heterocycles. The summed E-state index contributed by atoms with van der Waals surface area (Å²) in [6.45, 7) is 0. The van der Waals surface area contributed by atoms with Crippen molar-refractivity contribution in [3.8, 4) is 0 Å². The van der Waals surface area contributed by atoms with Crippen LogP contribution >= 0.6 is 0 Å². The number of hydrogen-bond acceptors (Lipinski definition) is 4. The molecule has 96 valence electrons. The molecule has 0 saturated heterocycles. The summed E-state index contributed by atoms with van der Waals surface area (Å²) in [7, 11) is 0. The van der Waals surface area contributed by atoms with Gasteiger partial charge in [-0.3, -0.25) is 4.98 Å². The van der Waals surface area contributed by atoms with E-state index in [0.717, 1.165) is 0 Å². The first-order valence-electron chi connectivity index (χ1n) is 5.29. The highest BCUT2D eigenvalue weighted by Gasteiger charge is 2.12. The summed E-state index contributed by atoms with van der Waals surface area (Å²) in [5.41, 5.74) is 0.712. The molecule has 6 heteroatoms. The van der Waals surface area contributed by atoms with E-state index < -0.39 is 11.8 Å². The number of benzene rings is 1. The summed E-state index contributed by atoms with van der Waals surface area (Å²) in [6.07, 6.45) is 1.30. The molecule has 0 radical (unpaired) electrons. The number of nitrogens with zero attached hydrogens (tertiary/aromatic N) is 2. The Kier molecular flexibility index (Phi) is 3.51. The number of carbonyl (C=O) groups is 1. The molecule has 2 rings (SSSR count). The molecule has 0 fully saturated rings. The quantitative estimate of drug-likeness (QED) is 0.503. The van der Waals surface area contributed by atoms with E-state index in [9.17, 15) is 9.18 Å². The van der Waals surface area contributed by atoms with Crippen LogP contribution in [0.4, 0.5) is 4.39 Å². The van der Waals surface area contributed by atoms with Gasteiger partial charge in [0.25, 0.3) is 0 Å². The van der Waals surface area contributed by atoms with E-state index in [1.54, 1.807) is 0 Å². The molecular weight excluding hydrogens is 251 g/mol. The first kappa shape index (κ1) is 12.7. The van der Waals surface area contributed by atoms with E-state index in [2.05, 4.69) is 10.1 Å². The summed E-state index contributed by atoms with van der Waals surface area (Å²) < 4.78 is 12.8. The fourth-order valence-corrected chi connectivity index (χ4v) is 1.56. The van der Waals surface area contributed by atoms with Crippen molar-refractivity contribution in [3.05, 3.63) is 65.2 Å². The van der Waals surface area contributed by atoms with E-state index >= 15 is 0 Å². The third-order valence-electron chi connectivity index (χ3n) is 2.47. The van der Waals surface area contributed by atoms with Crippen LogP contribution < -0.4 is 0 Å². The summed E-state index contributed by atoms with van der Waals surface area (Å²) >= 11 is 0. The van der Waals surface area contributed by atoms with Gasteiger partial charge in [0, 0.05) is 11.8 Å². The van der Waals surface area contributed by atoms with Gasteiger partial charge in [0.1, 0.15) is 11.5 Å². The number of carboxylic acid groups (broad SMARTS) is 1. The lowest BCUT2D eigenvalue weighted by molar-refractivity contribution is 0.0696. The maximum absolute atomic E-state index is 12.8. The Morgan fingerprint density at radius 1 is 1.16 bits per heavy atom. The van der Waals surface area contributed by atoms with Crippen LogP contribution in [0.15, 0.2) is 47.8 Å². The standard InChI is InChI=1S/C13H9FN2O3/c14-10-3-1-8(2-4-10)12(16-19)11-7-9(13(17)18)5-6-15-11/h1-7,19H,(H,17,18)/b16-12+. The minimum Gasteiger partial charge on any atom is -0.478 e. The Balaban J connectivity index is 2.46. The van der Waals surface area contributed by atoms with Crippen LogP contribution in [0, 0.1) is 5.82 Å². The number of pyridine rings is 1. The molecule has 0 amide bonds. The van der Waals surface area contributed by atoms with Gasteiger partial charge in [-0.25, -0.2) is 9.18 Å². The van der Waals surface area contributed by atoms with Crippen LogP contribution in [0.1, 0.15) is 21.6 Å². The van der Waals surface area contributed by atoms with Crippen LogP contribution in [0.25, 0.3) is 0 Å². The fourth-order valence-electron chi connectivity index (χ4n) is 1.56. The van der Waals surface area contributed by atoms with Gasteiger partial charge in [-0.15, -0.1) is 0 Å². The SMILES string of the molecule is O=C(O)c1ccnc(/C(=N/O)c2ccc(F)cc2)c1. The van der Waals surface area contributed by atoms with Crippen molar-refractivity contribution in [1.82, 2.24) is 4.98 Å². The van der Waals surface area contributed by atoms with E-state index in [-0.39, 0.29) is 17.0 Å². The van der Waals surface area contributed by atoms with Gasteiger partial charge in [-0.05, 0) is 36.4 Å². The van der Waals surface area contributed by atoms with Crippen LogP contribution in [0.5, 0.6) is 0 Å². The topological polar surface area (TPSA) is 82.8 Å². The number of aromatic carboxylic acids is 1. The Bertz CT molecular complexity index is 639. The summed E-state index contributed by atoms with van der Waals surface area (Å²) in [5, 5.41) is 21.0. The van der Waals surface area contributed by atoms with Crippen LogP contribution in [0.3, 0.4) is 0 Å². The van der Waals surface area contributed by atoms with Crippen LogP contribution in [-0.2, 0) is 0 Å². The van der Waals surface area contributed by atoms with Crippen molar-refractivity contribution in [2.24, 2.45) is 5.16 Å². The smallest absolute Gasteiger partial charge is 0.335 e. The third-order valence-corrected chi connectivity index (χ3v) is 2.47. The lowest BCUT2D eigenvalue weighted by Crippen LogP contribution is -2.08. The molecule has 0 saturated carbocycles. The van der Waals surface area contributed by atoms with Gasteiger partial charge in [-0.1, -0.05) is 5.16 Å². The van der Waals surface area contributed by atoms with Gasteiger partial charge in [0.15, 0.2) is 0 Å². The maximum atomic E-state index is 12.8. The minimum atomic E-state index is -1.11. The van der Waals surface area contributed by atoms with Gasteiger partial charge in [-0.2, -0.15) is 0 Å². The summed E-state index contributed by atoms with van der Waals surface area (Å²) in [4.78, 5) is 14.8. The molecule has 19 heavy (non-hydrogen) atoms. The van der Waals surface area contributed by atoms with Crippen molar-refractivity contribution in [3.63, 3.8) is 0 Å². The molecule has 0 aliphatic carbocycles. The molecule has 0 aliphatic rings. The summed E-state index contributed by atoms with van der Waals surface area (Å²) in [5.74, 6) is -1.53. The largest absolute Gasteiger partial charge is 0.478 e. The number of hydrogen-bond donors (Lipinski definition) is 2. The second-order valence-electron chi connectivity index (χ2n) is 3.69. The van der Waals surface area contributed by atoms with Gasteiger partial charge in [0.05, 0.1) is 11.3 Å². The Hall–Kier alpha value is -2.76. The van der Waals surface area contributed by atoms with Gasteiger partial charge in [0.2, 0.25) is 0 Å². The van der Waals surface area contributed by atoms with Gasteiger partial charge < -0.3 is 10.3 Å². The van der Waals surface area contributed by atoms with Crippen molar-refractivity contribution in [1.29, 1.82) is 0 Å². The van der Waals surface area contributed by atoms with E-state index in [1.165, 1.54) is 42.6 Å². The van der Waals surface area contributed by atoms with Crippen LogP contribution in [0.2, 0.25) is 0 Å². The predicted octanol–water partition coefficient (Wildman–Crippen LogP) is 2.15. The fraction of sp³-hybridized carbons (Fsp3) is 0. The second-order valence-corrected chi connectivity index (χ2v) is 3.69. The Morgan fingerprint density at radius 2 is 1.84 bits per heavy atom. The first-order chi connectivity index (χ1) is 9.11. The summed E-state index contributed by atoms with van der Waals surface area (Å²) in [6, 6.07) is 7.86. The number of oxime groups is 1. The Morgan fingerprint density at radius 3 is 2.42 bits per heavy atom. The lowest BCUT2D eigenvalue weighted by atomic mass is 10.1. The number of rotatable bonds is 3. The van der Waals surface area contributed by atoms with E-state index in [4.69, 9.17) is 10.3 Å². The highest BCUT2D eigenvalue weighted by molar-refractivity contribution is 6.12.